The van der Waals surface area contributed by atoms with Gasteiger partial charge in [-0.05, 0) is 101 Å². The fourth-order valence-corrected chi connectivity index (χ4v) is 9.13. The zero-order valence-corrected chi connectivity index (χ0v) is 30.3. The van der Waals surface area contributed by atoms with Crippen LogP contribution in [0.4, 0.5) is 36.3 Å². The minimum Gasteiger partial charge on any atom is -0.495 e. The Morgan fingerprint density at radius 2 is 1.69 bits per heavy atom. The van der Waals surface area contributed by atoms with E-state index >= 15 is 0 Å². The maximum absolute atomic E-state index is 14.3. The summed E-state index contributed by atoms with van der Waals surface area (Å²) >= 11 is 0. The molecule has 3 heterocycles. The van der Waals surface area contributed by atoms with Gasteiger partial charge in [0.05, 0.1) is 43.2 Å². The summed E-state index contributed by atoms with van der Waals surface area (Å²) in [7, 11) is -0.234. The van der Waals surface area contributed by atoms with Crippen molar-refractivity contribution in [3.05, 3.63) is 59.4 Å². The summed E-state index contributed by atoms with van der Waals surface area (Å²) in [5, 5.41) is 18.2. The SMILES string of the molecule is CCOP(=O)(Cc1ccc(Nc2ncc(C(F)(F)F)c(Nc3ccc(C4CCC(N5CCCC5)CC4)c4cn(C)c(O)c34)n2)c(OC)c1)OCC. The van der Waals surface area contributed by atoms with E-state index < -0.39 is 25.2 Å². The van der Waals surface area contributed by atoms with Crippen molar-refractivity contribution in [2.24, 2.45) is 7.05 Å². The molecule has 1 saturated carbocycles. The summed E-state index contributed by atoms with van der Waals surface area (Å²) in [6, 6.07) is 9.25. The predicted octanol–water partition coefficient (Wildman–Crippen LogP) is 9.08. The van der Waals surface area contributed by atoms with E-state index in [1.807, 2.05) is 12.3 Å². The van der Waals surface area contributed by atoms with Crippen molar-refractivity contribution in [3.8, 4) is 11.6 Å². The lowest BCUT2D eigenvalue weighted by Crippen LogP contribution is -2.35. The number of aryl methyl sites for hydroxylation is 1. The lowest BCUT2D eigenvalue weighted by atomic mass is 9.80. The number of anilines is 4. The predicted molar refractivity (Wildman–Crippen MR) is 192 cm³/mol. The van der Waals surface area contributed by atoms with Crippen LogP contribution in [0.2, 0.25) is 0 Å². The number of aromatic hydroxyl groups is 1. The minimum atomic E-state index is -4.76. The number of ether oxygens (including phenoxy) is 1. The molecule has 0 spiro atoms. The van der Waals surface area contributed by atoms with Crippen LogP contribution in [0.1, 0.15) is 75.0 Å². The van der Waals surface area contributed by atoms with Crippen molar-refractivity contribution in [1.29, 1.82) is 0 Å². The molecule has 0 unspecified atom stereocenters. The van der Waals surface area contributed by atoms with E-state index in [0.717, 1.165) is 36.6 Å². The normalized spacial score (nSPS) is 18.7. The van der Waals surface area contributed by atoms with Crippen LogP contribution in [0.25, 0.3) is 10.8 Å². The fourth-order valence-electron chi connectivity index (χ4n) is 7.44. The highest BCUT2D eigenvalue weighted by Crippen LogP contribution is 2.52. The topological polar surface area (TPSA) is 123 Å². The molecular formula is C36H46F3N6O5P. The number of hydrogen-bond acceptors (Lipinski definition) is 10. The average molecular weight is 731 g/mol. The lowest BCUT2D eigenvalue weighted by Gasteiger charge is -2.35. The van der Waals surface area contributed by atoms with Crippen LogP contribution < -0.4 is 15.4 Å². The fraction of sp³-hybridized carbons (Fsp3) is 0.500. The molecule has 1 aliphatic heterocycles. The number of methoxy groups -OCH3 is 1. The van der Waals surface area contributed by atoms with E-state index in [2.05, 4.69) is 25.5 Å². The van der Waals surface area contributed by atoms with Crippen LogP contribution in [0.15, 0.2) is 42.7 Å². The number of halogens is 3. The monoisotopic (exact) mass is 730 g/mol. The van der Waals surface area contributed by atoms with E-state index in [9.17, 15) is 22.8 Å². The number of nitrogens with zero attached hydrogens (tertiary/aromatic N) is 4. The highest BCUT2D eigenvalue weighted by Gasteiger charge is 2.36. The van der Waals surface area contributed by atoms with Gasteiger partial charge in [0.2, 0.25) is 11.8 Å². The summed E-state index contributed by atoms with van der Waals surface area (Å²) in [6.45, 7) is 6.23. The number of nitrogens with one attached hydrogen (secondary N) is 2. The van der Waals surface area contributed by atoms with Crippen LogP contribution in [-0.2, 0) is 33.0 Å². The second-order valence-electron chi connectivity index (χ2n) is 13.1. The Labute approximate surface area is 296 Å². The van der Waals surface area contributed by atoms with Gasteiger partial charge in [0.15, 0.2) is 0 Å². The first-order valence-corrected chi connectivity index (χ1v) is 19.2. The first kappa shape index (κ1) is 36.9. The third-order valence-electron chi connectivity index (χ3n) is 9.84. The molecule has 2 aromatic carbocycles. The largest absolute Gasteiger partial charge is 0.495 e. The third-order valence-corrected chi connectivity index (χ3v) is 11.9. The van der Waals surface area contributed by atoms with Gasteiger partial charge < -0.3 is 39.0 Å². The first-order chi connectivity index (χ1) is 24.4. The Kier molecular flexibility index (Phi) is 11.2. The molecule has 2 aliphatic rings. The Hall–Kier alpha value is -3.84. The highest BCUT2D eigenvalue weighted by molar-refractivity contribution is 7.53. The van der Waals surface area contributed by atoms with Gasteiger partial charge in [0, 0.05) is 30.9 Å². The highest BCUT2D eigenvalue weighted by atomic mass is 31.2. The van der Waals surface area contributed by atoms with Gasteiger partial charge in [-0.15, -0.1) is 0 Å². The lowest BCUT2D eigenvalue weighted by molar-refractivity contribution is -0.137. The van der Waals surface area contributed by atoms with E-state index in [1.165, 1.54) is 33.0 Å². The van der Waals surface area contributed by atoms with E-state index in [-0.39, 0.29) is 37.1 Å². The van der Waals surface area contributed by atoms with Crippen LogP contribution in [0.5, 0.6) is 11.6 Å². The van der Waals surface area contributed by atoms with E-state index in [1.54, 1.807) is 49.7 Å². The molecule has 4 aromatic rings. The van der Waals surface area contributed by atoms with Crippen molar-refractivity contribution in [2.45, 2.75) is 76.7 Å². The van der Waals surface area contributed by atoms with Gasteiger partial charge >= 0.3 is 13.8 Å². The number of fused-ring (bicyclic) bond motifs is 1. The van der Waals surface area contributed by atoms with Crippen molar-refractivity contribution in [3.63, 3.8) is 0 Å². The van der Waals surface area contributed by atoms with Gasteiger partial charge in [-0.1, -0.05) is 12.1 Å². The minimum absolute atomic E-state index is 0.00955. The number of aromatic nitrogens is 3. The first-order valence-electron chi connectivity index (χ1n) is 17.5. The average Bonchev–Trinajstić information content (AvgIpc) is 3.74. The molecule has 1 aliphatic carbocycles. The zero-order chi connectivity index (χ0) is 36.3. The molecular weight excluding hydrogens is 684 g/mol. The summed E-state index contributed by atoms with van der Waals surface area (Å²) in [6.07, 6.45) is 4.56. The molecule has 2 aromatic heterocycles. The number of alkyl halides is 3. The van der Waals surface area contributed by atoms with Crippen molar-refractivity contribution >= 4 is 41.5 Å². The van der Waals surface area contributed by atoms with E-state index in [0.29, 0.717) is 40.3 Å². The van der Waals surface area contributed by atoms with Crippen LogP contribution in [-0.4, -0.2) is 64.0 Å². The molecule has 3 N–H and O–H groups in total. The number of likely N-dealkylation sites (tertiary alicyclic amines) is 1. The Bertz CT molecular complexity index is 1880. The second-order valence-corrected chi connectivity index (χ2v) is 15.2. The number of hydrogen-bond donors (Lipinski definition) is 3. The second kappa shape index (κ2) is 15.4. The Morgan fingerprint density at radius 3 is 2.33 bits per heavy atom. The van der Waals surface area contributed by atoms with Crippen molar-refractivity contribution < 1.29 is 36.6 Å². The van der Waals surface area contributed by atoms with Gasteiger partial charge in [-0.2, -0.15) is 18.2 Å². The summed E-state index contributed by atoms with van der Waals surface area (Å²) in [5.41, 5.74) is 1.31. The molecule has 6 rings (SSSR count). The Balaban J connectivity index is 1.28. The Morgan fingerprint density at radius 1 is 1.00 bits per heavy atom. The molecule has 2 fully saturated rings. The van der Waals surface area contributed by atoms with Crippen LogP contribution in [0.3, 0.4) is 0 Å². The molecule has 0 radical (unpaired) electrons. The van der Waals surface area contributed by atoms with Gasteiger partial charge in [0.25, 0.3) is 0 Å². The maximum atomic E-state index is 14.3. The molecule has 0 atom stereocenters. The van der Waals surface area contributed by atoms with Crippen molar-refractivity contribution in [2.75, 3.05) is 44.0 Å². The van der Waals surface area contributed by atoms with Crippen molar-refractivity contribution in [1.82, 2.24) is 19.4 Å². The summed E-state index contributed by atoms with van der Waals surface area (Å²) in [4.78, 5) is 10.8. The van der Waals surface area contributed by atoms with Gasteiger partial charge in [-0.25, -0.2) is 4.98 Å². The molecule has 276 valence electrons. The van der Waals surface area contributed by atoms with Gasteiger partial charge in [-0.3, -0.25) is 4.57 Å². The van der Waals surface area contributed by atoms with Gasteiger partial charge in [0.1, 0.15) is 17.1 Å². The number of benzene rings is 2. The van der Waals surface area contributed by atoms with Crippen LogP contribution >= 0.6 is 7.60 Å². The quantitative estimate of drug-likeness (QED) is 0.115. The molecule has 11 nitrogen and oxygen atoms in total. The smallest absolute Gasteiger partial charge is 0.421 e. The molecule has 0 bridgehead atoms. The van der Waals surface area contributed by atoms with Crippen LogP contribution in [0, 0.1) is 0 Å². The number of rotatable bonds is 13. The summed E-state index contributed by atoms with van der Waals surface area (Å²) < 4.78 is 73.9. The zero-order valence-electron chi connectivity index (χ0n) is 29.4. The molecule has 15 heteroatoms. The standard InChI is InChI=1S/C36H46F3N6O5P/c1-5-49-51(47,50-6-2)22-23-9-15-29(31(19-23)48-4)42-35-40-20-28(36(37,38)39)33(43-35)41-30-16-14-26(27-21-44(3)34(46)32(27)30)24-10-12-25(13-11-24)45-17-7-8-18-45/h9,14-16,19-21,24-25,46H,5-8,10-13,17-18,22H2,1-4H3,(H2,40,41,42,43). The molecule has 0 amide bonds. The van der Waals surface area contributed by atoms with E-state index in [4.69, 9.17) is 13.8 Å². The summed E-state index contributed by atoms with van der Waals surface area (Å²) in [5.74, 6) is -0.0382. The third kappa shape index (κ3) is 8.14. The molecule has 1 saturated heterocycles. The maximum Gasteiger partial charge on any atom is 0.421 e. The molecule has 51 heavy (non-hydrogen) atoms.